The summed E-state index contributed by atoms with van der Waals surface area (Å²) in [5.74, 6) is -1.66. The lowest BCUT2D eigenvalue weighted by molar-refractivity contribution is -0.153. The molecule has 1 aliphatic carbocycles. The highest BCUT2D eigenvalue weighted by Gasteiger charge is 2.50. The maximum atomic E-state index is 11.7. The fourth-order valence-electron chi connectivity index (χ4n) is 3.58. The van der Waals surface area contributed by atoms with Crippen LogP contribution in [0, 0.1) is 23.7 Å². The van der Waals surface area contributed by atoms with Crippen molar-refractivity contribution in [1.82, 2.24) is 0 Å². The van der Waals surface area contributed by atoms with E-state index >= 15 is 0 Å². The smallest absolute Gasteiger partial charge is 0.321 e. The van der Waals surface area contributed by atoms with Crippen molar-refractivity contribution < 1.29 is 23.9 Å². The maximum absolute atomic E-state index is 11.7. The average Bonchev–Trinajstić information content (AvgIpc) is 2.80. The van der Waals surface area contributed by atoms with Crippen LogP contribution in [-0.4, -0.2) is 24.0 Å². The highest BCUT2D eigenvalue weighted by Crippen LogP contribution is 2.44. The van der Waals surface area contributed by atoms with Crippen LogP contribution in [0.1, 0.15) is 26.7 Å². The molecule has 5 unspecified atom stereocenters. The molecule has 0 N–H and O–H groups in total. The second-order valence-electron chi connectivity index (χ2n) is 5.70. The molecule has 0 aromatic rings. The number of hydrogen-bond acceptors (Lipinski definition) is 5. The Morgan fingerprint density at radius 1 is 1.21 bits per heavy atom. The number of cyclic esters (lactones) is 3. The summed E-state index contributed by atoms with van der Waals surface area (Å²) >= 11 is 0. The minimum atomic E-state index is -0.436. The van der Waals surface area contributed by atoms with E-state index in [4.69, 9.17) is 9.47 Å². The number of rotatable bonds is 1. The first kappa shape index (κ1) is 12.4. The summed E-state index contributed by atoms with van der Waals surface area (Å²) in [6.07, 6.45) is 2.84. The molecule has 0 radical (unpaired) electrons. The van der Waals surface area contributed by atoms with Gasteiger partial charge in [0.1, 0.15) is 6.10 Å². The van der Waals surface area contributed by atoms with E-state index in [1.165, 1.54) is 0 Å². The molecule has 3 rings (SSSR count). The van der Waals surface area contributed by atoms with Gasteiger partial charge in [-0.2, -0.15) is 0 Å². The largest absolute Gasteiger partial charge is 0.462 e. The Hall–Kier alpha value is -1.65. The fourth-order valence-corrected chi connectivity index (χ4v) is 3.58. The zero-order chi connectivity index (χ0) is 13.7. The second-order valence-corrected chi connectivity index (χ2v) is 5.70. The molecule has 0 saturated carbocycles. The van der Waals surface area contributed by atoms with E-state index in [1.807, 2.05) is 19.9 Å². The Morgan fingerprint density at radius 2 is 1.95 bits per heavy atom. The minimum Gasteiger partial charge on any atom is -0.462 e. The molecule has 5 nitrogen and oxygen atoms in total. The van der Waals surface area contributed by atoms with E-state index in [1.54, 1.807) is 0 Å². The number of allylic oxidation sites excluding steroid dienone is 1. The topological polar surface area (TPSA) is 69.7 Å². The van der Waals surface area contributed by atoms with Gasteiger partial charge in [0.2, 0.25) is 0 Å². The van der Waals surface area contributed by atoms with Crippen molar-refractivity contribution in [3.8, 4) is 0 Å². The first-order chi connectivity index (χ1) is 8.97. The van der Waals surface area contributed by atoms with Crippen molar-refractivity contribution >= 4 is 17.9 Å². The van der Waals surface area contributed by atoms with Gasteiger partial charge in [0.05, 0.1) is 18.3 Å². The number of hydrogen-bond donors (Lipinski definition) is 0. The van der Waals surface area contributed by atoms with Crippen molar-refractivity contribution in [2.45, 2.75) is 32.8 Å². The summed E-state index contributed by atoms with van der Waals surface area (Å²) in [5, 5.41) is 0. The summed E-state index contributed by atoms with van der Waals surface area (Å²) in [6.45, 7) is 3.73. The van der Waals surface area contributed by atoms with Crippen LogP contribution in [0.2, 0.25) is 0 Å². The number of carbonyl (C=O) groups excluding carboxylic acids is 3. The Morgan fingerprint density at radius 3 is 2.58 bits per heavy atom. The monoisotopic (exact) mass is 264 g/mol. The fraction of sp³-hybridized carbons (Fsp3) is 0.643. The molecule has 2 heterocycles. The molecule has 19 heavy (non-hydrogen) atoms. The van der Waals surface area contributed by atoms with Gasteiger partial charge < -0.3 is 9.47 Å². The Balaban J connectivity index is 1.87. The van der Waals surface area contributed by atoms with Gasteiger partial charge >= 0.3 is 17.9 Å². The lowest BCUT2D eigenvalue weighted by Crippen LogP contribution is -2.31. The van der Waals surface area contributed by atoms with Crippen LogP contribution in [0.5, 0.6) is 0 Å². The van der Waals surface area contributed by atoms with Crippen LogP contribution < -0.4 is 0 Å². The molecule has 0 bridgehead atoms. The maximum Gasteiger partial charge on any atom is 0.321 e. The Labute approximate surface area is 110 Å². The third-order valence-electron chi connectivity index (χ3n) is 4.53. The molecule has 0 aromatic heterocycles. The molecule has 0 spiro atoms. The van der Waals surface area contributed by atoms with Crippen LogP contribution in [0.25, 0.3) is 0 Å². The summed E-state index contributed by atoms with van der Waals surface area (Å²) in [7, 11) is 0. The van der Waals surface area contributed by atoms with Gasteiger partial charge in [0, 0.05) is 5.92 Å². The van der Waals surface area contributed by atoms with E-state index in [2.05, 4.69) is 0 Å². The van der Waals surface area contributed by atoms with Gasteiger partial charge in [-0.15, -0.1) is 0 Å². The van der Waals surface area contributed by atoms with Crippen LogP contribution in [-0.2, 0) is 23.9 Å². The summed E-state index contributed by atoms with van der Waals surface area (Å²) in [5.41, 5.74) is 0.878. The summed E-state index contributed by atoms with van der Waals surface area (Å²) in [4.78, 5) is 34.7. The first-order valence-corrected chi connectivity index (χ1v) is 6.60. The van der Waals surface area contributed by atoms with E-state index in [0.29, 0.717) is 12.8 Å². The van der Waals surface area contributed by atoms with Gasteiger partial charge in [0.15, 0.2) is 0 Å². The van der Waals surface area contributed by atoms with Crippen molar-refractivity contribution in [3.05, 3.63) is 11.6 Å². The highest BCUT2D eigenvalue weighted by molar-refractivity contribution is 5.98. The van der Waals surface area contributed by atoms with Gasteiger partial charge in [-0.05, 0) is 26.2 Å². The van der Waals surface area contributed by atoms with Gasteiger partial charge in [0.25, 0.3) is 0 Å². The molecule has 0 amide bonds. The van der Waals surface area contributed by atoms with Gasteiger partial charge in [-0.1, -0.05) is 11.6 Å². The number of esters is 3. The predicted octanol–water partition coefficient (Wildman–Crippen LogP) is 1.22. The van der Waals surface area contributed by atoms with Crippen LogP contribution in [0.4, 0.5) is 0 Å². The summed E-state index contributed by atoms with van der Waals surface area (Å²) < 4.78 is 9.89. The van der Waals surface area contributed by atoms with Crippen LogP contribution >= 0.6 is 0 Å². The van der Waals surface area contributed by atoms with Crippen molar-refractivity contribution in [2.24, 2.45) is 23.7 Å². The number of ether oxygens (including phenoxy) is 2. The molecule has 5 heteroatoms. The van der Waals surface area contributed by atoms with Crippen LogP contribution in [0.3, 0.4) is 0 Å². The standard InChI is InChI=1S/C14H16O5/c1-6-3-8(9-5-11(15)18-7(9)2)4-10-12(6)14(17)19-13(10)16/h3,7-10,12H,4-5H2,1-2H3. The lowest BCUT2D eigenvalue weighted by atomic mass is 9.70. The number of fused-ring (bicyclic) bond motifs is 1. The molecular formula is C14H16O5. The quantitative estimate of drug-likeness (QED) is 0.404. The van der Waals surface area contributed by atoms with E-state index in [9.17, 15) is 14.4 Å². The number of carbonyl (C=O) groups is 3. The van der Waals surface area contributed by atoms with Crippen LogP contribution in [0.15, 0.2) is 11.6 Å². The third kappa shape index (κ3) is 1.88. The van der Waals surface area contributed by atoms with Gasteiger partial charge in [-0.25, -0.2) is 0 Å². The molecule has 2 fully saturated rings. The van der Waals surface area contributed by atoms with E-state index < -0.39 is 17.9 Å². The lowest BCUT2D eigenvalue weighted by Gasteiger charge is -2.30. The molecule has 102 valence electrons. The molecule has 3 aliphatic rings. The second kappa shape index (κ2) is 4.18. The SMILES string of the molecule is CC1=CC(C2CC(=O)OC2C)CC2C(=O)OC(=O)C12. The van der Waals surface area contributed by atoms with Crippen molar-refractivity contribution in [1.29, 1.82) is 0 Å². The molecule has 2 saturated heterocycles. The van der Waals surface area contributed by atoms with Crippen molar-refractivity contribution in [3.63, 3.8) is 0 Å². The molecule has 0 aromatic carbocycles. The molecular weight excluding hydrogens is 248 g/mol. The van der Waals surface area contributed by atoms with Crippen molar-refractivity contribution in [2.75, 3.05) is 0 Å². The minimum absolute atomic E-state index is 0.0897. The van der Waals surface area contributed by atoms with E-state index in [-0.39, 0.29) is 29.8 Å². The molecule has 2 aliphatic heterocycles. The highest BCUT2D eigenvalue weighted by atomic mass is 16.6. The zero-order valence-electron chi connectivity index (χ0n) is 10.9. The van der Waals surface area contributed by atoms with Gasteiger partial charge in [-0.3, -0.25) is 14.4 Å². The average molecular weight is 264 g/mol. The summed E-state index contributed by atoms with van der Waals surface area (Å²) in [6, 6.07) is 0. The normalized spacial score (nSPS) is 41.7. The molecule has 5 atom stereocenters. The predicted molar refractivity (Wildman–Crippen MR) is 63.6 cm³/mol. The third-order valence-corrected chi connectivity index (χ3v) is 4.53. The Bertz CT molecular complexity index is 492. The van der Waals surface area contributed by atoms with E-state index in [0.717, 1.165) is 5.57 Å². The first-order valence-electron chi connectivity index (χ1n) is 6.60. The zero-order valence-corrected chi connectivity index (χ0v) is 10.9. The Kier molecular flexibility index (Phi) is 2.73.